The van der Waals surface area contributed by atoms with Crippen LogP contribution in [0.2, 0.25) is 0 Å². The maximum atomic E-state index is 12.7. The summed E-state index contributed by atoms with van der Waals surface area (Å²) in [7, 11) is 2.49. The van der Waals surface area contributed by atoms with Crippen LogP contribution in [-0.4, -0.2) is 53.1 Å². The molecule has 11 heteroatoms. The van der Waals surface area contributed by atoms with Crippen molar-refractivity contribution in [3.05, 3.63) is 96.4 Å². The summed E-state index contributed by atoms with van der Waals surface area (Å²) in [6.07, 6.45) is 5.21. The molecule has 4 aromatic rings. The Labute approximate surface area is 237 Å². The van der Waals surface area contributed by atoms with Crippen LogP contribution in [-0.2, 0) is 25.6 Å². The Morgan fingerprint density at radius 2 is 1.71 bits per heavy atom. The van der Waals surface area contributed by atoms with Crippen LogP contribution >= 0.6 is 0 Å². The van der Waals surface area contributed by atoms with E-state index in [1.807, 2.05) is 54.6 Å². The van der Waals surface area contributed by atoms with Crippen molar-refractivity contribution in [1.82, 2.24) is 20.3 Å². The summed E-state index contributed by atoms with van der Waals surface area (Å²) in [5.74, 6) is -1.09. The van der Waals surface area contributed by atoms with E-state index < -0.39 is 23.9 Å². The highest BCUT2D eigenvalue weighted by Gasteiger charge is 2.23. The third-order valence-corrected chi connectivity index (χ3v) is 6.10. The number of benzene rings is 2. The Kier molecular flexibility index (Phi) is 9.92. The molecule has 0 saturated heterocycles. The molecule has 0 aliphatic heterocycles. The Balaban J connectivity index is 1.33. The largest absolute Gasteiger partial charge is 0.469 e. The van der Waals surface area contributed by atoms with Crippen molar-refractivity contribution in [3.8, 4) is 11.3 Å². The molecular formula is C30H30N6O5. The van der Waals surface area contributed by atoms with Gasteiger partial charge in [0, 0.05) is 54.1 Å². The molecule has 0 spiro atoms. The van der Waals surface area contributed by atoms with Gasteiger partial charge in [0.15, 0.2) is 0 Å². The molecule has 210 valence electrons. The van der Waals surface area contributed by atoms with Crippen LogP contribution in [0.1, 0.15) is 28.8 Å². The summed E-state index contributed by atoms with van der Waals surface area (Å²) in [5.41, 5.74) is 4.69. The second-order valence-corrected chi connectivity index (χ2v) is 8.93. The summed E-state index contributed by atoms with van der Waals surface area (Å²) < 4.78 is 9.35. The molecule has 4 rings (SSSR count). The first-order valence-electron chi connectivity index (χ1n) is 12.8. The quantitative estimate of drug-likeness (QED) is 0.219. The van der Waals surface area contributed by atoms with E-state index in [-0.39, 0.29) is 12.8 Å². The molecule has 2 aromatic heterocycles. The SMILES string of the molecule is COC(=O)CCC(NC(=O)c1ccc(CNc2cccc(Nc3nccc(-c4cccnc4)n3)c2)cc1)C(=O)OC. The van der Waals surface area contributed by atoms with E-state index >= 15 is 0 Å². The maximum Gasteiger partial charge on any atom is 0.328 e. The van der Waals surface area contributed by atoms with Crippen LogP contribution in [0.25, 0.3) is 11.3 Å². The number of nitrogens with zero attached hydrogens (tertiary/aromatic N) is 3. The standard InChI is InChI=1S/C30H30N6O5/c1-40-27(37)13-12-26(29(39)41-2)35-28(38)21-10-8-20(9-11-21)18-33-23-6-3-7-24(17-23)34-30-32-16-14-25(36-30)22-5-4-15-31-19-22/h3-11,14-17,19,26,33H,12-13,18H2,1-2H3,(H,35,38)(H,32,34,36). The van der Waals surface area contributed by atoms with Gasteiger partial charge in [-0.2, -0.15) is 0 Å². The highest BCUT2D eigenvalue weighted by atomic mass is 16.5. The summed E-state index contributed by atoms with van der Waals surface area (Å²) in [5, 5.41) is 9.22. The first kappa shape index (κ1) is 28.7. The molecule has 2 aromatic carbocycles. The molecule has 1 unspecified atom stereocenters. The Morgan fingerprint density at radius 1 is 0.902 bits per heavy atom. The predicted octanol–water partition coefficient (Wildman–Crippen LogP) is 4.12. The molecular weight excluding hydrogens is 524 g/mol. The number of esters is 2. The molecule has 3 N–H and O–H groups in total. The second kappa shape index (κ2) is 14.2. The number of hydrogen-bond donors (Lipinski definition) is 3. The number of aromatic nitrogens is 3. The van der Waals surface area contributed by atoms with Crippen molar-refractivity contribution < 1.29 is 23.9 Å². The minimum atomic E-state index is -0.961. The normalized spacial score (nSPS) is 11.2. The Bertz CT molecular complexity index is 1480. The number of pyridine rings is 1. The van der Waals surface area contributed by atoms with Crippen LogP contribution in [0.4, 0.5) is 17.3 Å². The minimum Gasteiger partial charge on any atom is -0.469 e. The van der Waals surface area contributed by atoms with Crippen molar-refractivity contribution in [2.75, 3.05) is 24.9 Å². The zero-order valence-corrected chi connectivity index (χ0v) is 22.7. The van der Waals surface area contributed by atoms with Crippen molar-refractivity contribution in [3.63, 3.8) is 0 Å². The summed E-state index contributed by atoms with van der Waals surface area (Å²) in [6, 6.07) is 19.4. The van der Waals surface area contributed by atoms with E-state index in [0.29, 0.717) is 18.1 Å². The van der Waals surface area contributed by atoms with E-state index in [9.17, 15) is 14.4 Å². The number of ether oxygens (including phenoxy) is 2. The lowest BCUT2D eigenvalue weighted by molar-refractivity contribution is -0.144. The van der Waals surface area contributed by atoms with E-state index in [1.165, 1.54) is 14.2 Å². The molecule has 0 radical (unpaired) electrons. The fourth-order valence-corrected chi connectivity index (χ4v) is 3.91. The molecule has 2 heterocycles. The van der Waals surface area contributed by atoms with E-state index in [1.54, 1.807) is 30.7 Å². The van der Waals surface area contributed by atoms with Crippen molar-refractivity contribution in [2.45, 2.75) is 25.4 Å². The van der Waals surface area contributed by atoms with Crippen molar-refractivity contribution >= 4 is 35.2 Å². The van der Waals surface area contributed by atoms with Crippen molar-refractivity contribution in [1.29, 1.82) is 0 Å². The zero-order valence-electron chi connectivity index (χ0n) is 22.7. The van der Waals surface area contributed by atoms with Crippen LogP contribution in [0, 0.1) is 0 Å². The highest BCUT2D eigenvalue weighted by molar-refractivity contribution is 5.96. The number of carbonyl (C=O) groups is 3. The van der Waals surface area contributed by atoms with Gasteiger partial charge >= 0.3 is 11.9 Å². The number of amides is 1. The second-order valence-electron chi connectivity index (χ2n) is 8.93. The van der Waals surface area contributed by atoms with Gasteiger partial charge in [0.1, 0.15) is 6.04 Å². The fourth-order valence-electron chi connectivity index (χ4n) is 3.91. The van der Waals surface area contributed by atoms with Gasteiger partial charge in [0.05, 0.1) is 19.9 Å². The maximum absolute atomic E-state index is 12.7. The summed E-state index contributed by atoms with van der Waals surface area (Å²) in [6.45, 7) is 0.516. The van der Waals surface area contributed by atoms with Gasteiger partial charge in [0.25, 0.3) is 5.91 Å². The minimum absolute atomic E-state index is 0.0251. The number of rotatable bonds is 12. The number of methoxy groups -OCH3 is 2. The van der Waals surface area contributed by atoms with Gasteiger partial charge in [-0.25, -0.2) is 14.8 Å². The lowest BCUT2D eigenvalue weighted by atomic mass is 10.1. The Morgan fingerprint density at radius 3 is 2.44 bits per heavy atom. The summed E-state index contributed by atoms with van der Waals surface area (Å²) >= 11 is 0. The van der Waals surface area contributed by atoms with Crippen LogP contribution in [0.15, 0.2) is 85.3 Å². The third kappa shape index (κ3) is 8.33. The lowest BCUT2D eigenvalue weighted by Crippen LogP contribution is -2.41. The molecule has 0 aliphatic carbocycles. The van der Waals surface area contributed by atoms with Gasteiger partial charge in [-0.05, 0) is 60.5 Å². The predicted molar refractivity (Wildman–Crippen MR) is 153 cm³/mol. The Hall–Kier alpha value is -5.32. The van der Waals surface area contributed by atoms with Gasteiger partial charge in [-0.15, -0.1) is 0 Å². The van der Waals surface area contributed by atoms with E-state index in [0.717, 1.165) is 28.2 Å². The van der Waals surface area contributed by atoms with Gasteiger partial charge in [-0.3, -0.25) is 14.6 Å². The third-order valence-electron chi connectivity index (χ3n) is 6.10. The van der Waals surface area contributed by atoms with Gasteiger partial charge in [0.2, 0.25) is 5.95 Å². The van der Waals surface area contributed by atoms with Gasteiger partial charge in [-0.1, -0.05) is 18.2 Å². The first-order valence-corrected chi connectivity index (χ1v) is 12.8. The van der Waals surface area contributed by atoms with Gasteiger partial charge < -0.3 is 25.4 Å². The number of hydrogen-bond acceptors (Lipinski definition) is 10. The summed E-state index contributed by atoms with van der Waals surface area (Å²) in [4.78, 5) is 49.2. The molecule has 41 heavy (non-hydrogen) atoms. The zero-order chi connectivity index (χ0) is 29.0. The average Bonchev–Trinajstić information content (AvgIpc) is 3.02. The molecule has 1 amide bonds. The van der Waals surface area contributed by atoms with Crippen LogP contribution in [0.3, 0.4) is 0 Å². The first-order chi connectivity index (χ1) is 19.9. The lowest BCUT2D eigenvalue weighted by Gasteiger charge is -2.16. The number of nitrogens with one attached hydrogen (secondary N) is 3. The molecule has 0 fully saturated rings. The average molecular weight is 555 g/mol. The number of anilines is 3. The molecule has 1 atom stereocenters. The number of carbonyl (C=O) groups excluding carboxylic acids is 3. The van der Waals surface area contributed by atoms with Crippen molar-refractivity contribution in [2.24, 2.45) is 0 Å². The topological polar surface area (TPSA) is 144 Å². The fraction of sp³-hybridized carbons (Fsp3) is 0.200. The van der Waals surface area contributed by atoms with E-state index in [2.05, 4.69) is 35.6 Å². The van der Waals surface area contributed by atoms with Crippen LogP contribution in [0.5, 0.6) is 0 Å². The highest BCUT2D eigenvalue weighted by Crippen LogP contribution is 2.21. The molecule has 0 aliphatic rings. The smallest absolute Gasteiger partial charge is 0.328 e. The molecule has 0 bridgehead atoms. The van der Waals surface area contributed by atoms with E-state index in [4.69, 9.17) is 4.74 Å². The molecule has 11 nitrogen and oxygen atoms in total. The van der Waals surface area contributed by atoms with Crippen LogP contribution < -0.4 is 16.0 Å². The monoisotopic (exact) mass is 554 g/mol. The molecule has 0 saturated carbocycles.